The molecular formula is C20H24N2O4. The van der Waals surface area contributed by atoms with E-state index in [4.69, 9.17) is 14.7 Å². The molecule has 3 rings (SSSR count). The highest BCUT2D eigenvalue weighted by Crippen LogP contribution is 2.16. The van der Waals surface area contributed by atoms with Crippen LogP contribution in [0.25, 0.3) is 10.8 Å². The lowest BCUT2D eigenvalue weighted by molar-refractivity contribution is -0.0192. The van der Waals surface area contributed by atoms with Gasteiger partial charge in [0.15, 0.2) is 0 Å². The van der Waals surface area contributed by atoms with Crippen LogP contribution in [0, 0.1) is 0 Å². The molecule has 6 heteroatoms. The van der Waals surface area contributed by atoms with Gasteiger partial charge in [-0.25, -0.2) is 4.79 Å². The number of carbonyl (C=O) groups is 1. The quantitative estimate of drug-likeness (QED) is 0.486. The van der Waals surface area contributed by atoms with Crippen LogP contribution >= 0.6 is 0 Å². The largest absolute Gasteiger partial charge is 0.465 e. The van der Waals surface area contributed by atoms with Crippen LogP contribution in [-0.2, 0) is 9.57 Å². The molecule has 1 aliphatic rings. The van der Waals surface area contributed by atoms with Gasteiger partial charge in [-0.15, -0.1) is 0 Å². The van der Waals surface area contributed by atoms with Crippen molar-refractivity contribution in [2.75, 3.05) is 26.3 Å². The topological polar surface area (TPSA) is 71.4 Å². The second-order valence-electron chi connectivity index (χ2n) is 6.41. The average molecular weight is 356 g/mol. The van der Waals surface area contributed by atoms with E-state index in [1.54, 1.807) is 0 Å². The molecule has 138 valence electrons. The lowest BCUT2D eigenvalue weighted by Crippen LogP contribution is -2.40. The van der Waals surface area contributed by atoms with Crippen LogP contribution in [0.3, 0.4) is 0 Å². The van der Waals surface area contributed by atoms with Gasteiger partial charge in [0.25, 0.3) is 0 Å². The first kappa shape index (κ1) is 18.2. The predicted molar refractivity (Wildman–Crippen MR) is 101 cm³/mol. The fraction of sp³-hybridized carbons (Fsp3) is 0.400. The van der Waals surface area contributed by atoms with Crippen molar-refractivity contribution >= 4 is 22.6 Å². The molecule has 26 heavy (non-hydrogen) atoms. The molecule has 1 amide bonds. The van der Waals surface area contributed by atoms with Crippen molar-refractivity contribution in [3.63, 3.8) is 0 Å². The van der Waals surface area contributed by atoms with Crippen molar-refractivity contribution in [3.8, 4) is 0 Å². The SMILES string of the molecule is C/C(=N/OCCOC1CCN(C(=O)O)CC1)c1ccc2ccccc2c1. The van der Waals surface area contributed by atoms with Gasteiger partial charge in [0.1, 0.15) is 6.61 Å². The van der Waals surface area contributed by atoms with E-state index in [0.29, 0.717) is 26.3 Å². The molecule has 0 aliphatic carbocycles. The first-order valence-corrected chi connectivity index (χ1v) is 8.88. The number of hydrogen-bond acceptors (Lipinski definition) is 4. The highest BCUT2D eigenvalue weighted by atomic mass is 16.6. The molecule has 0 radical (unpaired) electrons. The highest BCUT2D eigenvalue weighted by Gasteiger charge is 2.22. The number of fused-ring (bicyclic) bond motifs is 1. The second-order valence-corrected chi connectivity index (χ2v) is 6.41. The number of benzene rings is 2. The van der Waals surface area contributed by atoms with Crippen molar-refractivity contribution in [1.29, 1.82) is 0 Å². The van der Waals surface area contributed by atoms with Crippen molar-refractivity contribution in [2.24, 2.45) is 5.16 Å². The van der Waals surface area contributed by atoms with Crippen LogP contribution in [0.5, 0.6) is 0 Å². The van der Waals surface area contributed by atoms with E-state index in [1.165, 1.54) is 15.7 Å². The number of amides is 1. The molecule has 1 fully saturated rings. The number of likely N-dealkylation sites (tertiary alicyclic amines) is 1. The summed E-state index contributed by atoms with van der Waals surface area (Å²) in [4.78, 5) is 17.7. The summed E-state index contributed by atoms with van der Waals surface area (Å²) in [5.74, 6) is 0. The number of piperidine rings is 1. The number of ether oxygens (including phenoxy) is 1. The normalized spacial score (nSPS) is 16.0. The zero-order chi connectivity index (χ0) is 18.4. The minimum atomic E-state index is -0.856. The highest BCUT2D eigenvalue weighted by molar-refractivity contribution is 6.01. The monoisotopic (exact) mass is 356 g/mol. The Kier molecular flexibility index (Phi) is 6.07. The maximum Gasteiger partial charge on any atom is 0.407 e. The average Bonchev–Trinajstić information content (AvgIpc) is 2.67. The Bertz CT molecular complexity index is 782. The summed E-state index contributed by atoms with van der Waals surface area (Å²) < 4.78 is 5.74. The summed E-state index contributed by atoms with van der Waals surface area (Å²) in [6.07, 6.45) is 0.697. The molecule has 0 spiro atoms. The van der Waals surface area contributed by atoms with Gasteiger partial charge in [-0.05, 0) is 42.2 Å². The molecule has 6 nitrogen and oxygen atoms in total. The van der Waals surface area contributed by atoms with Crippen LogP contribution in [-0.4, -0.2) is 54.2 Å². The Balaban J connectivity index is 1.41. The molecule has 0 bridgehead atoms. The Morgan fingerprint density at radius 3 is 2.62 bits per heavy atom. The summed E-state index contributed by atoms with van der Waals surface area (Å²) in [5.41, 5.74) is 1.86. The molecule has 0 unspecified atom stereocenters. The van der Waals surface area contributed by atoms with E-state index in [2.05, 4.69) is 29.4 Å². The standard InChI is InChI=1S/C20H24N2O4/c1-15(17-7-6-16-4-2-3-5-18(16)14-17)21-26-13-12-25-19-8-10-22(11-9-19)20(23)24/h2-7,14,19H,8-13H2,1H3,(H,23,24)/b21-15-. The minimum Gasteiger partial charge on any atom is -0.465 e. The Labute approximate surface area is 153 Å². The molecule has 2 aromatic carbocycles. The third-order valence-corrected chi connectivity index (χ3v) is 4.61. The van der Waals surface area contributed by atoms with Gasteiger partial charge >= 0.3 is 6.09 Å². The lowest BCUT2D eigenvalue weighted by Gasteiger charge is -2.29. The van der Waals surface area contributed by atoms with Gasteiger partial charge in [-0.1, -0.05) is 41.6 Å². The van der Waals surface area contributed by atoms with E-state index < -0.39 is 6.09 Å². The predicted octanol–water partition coefficient (Wildman–Crippen LogP) is 3.74. The molecule has 2 aromatic rings. The van der Waals surface area contributed by atoms with Gasteiger partial charge in [-0.2, -0.15) is 0 Å². The van der Waals surface area contributed by atoms with E-state index in [-0.39, 0.29) is 6.10 Å². The maximum absolute atomic E-state index is 10.9. The van der Waals surface area contributed by atoms with Gasteiger partial charge in [0.05, 0.1) is 18.4 Å². The number of nitrogens with zero attached hydrogens (tertiary/aromatic N) is 2. The number of carboxylic acid groups (broad SMARTS) is 1. The molecule has 1 aliphatic heterocycles. The van der Waals surface area contributed by atoms with Crippen LogP contribution in [0.2, 0.25) is 0 Å². The molecular weight excluding hydrogens is 332 g/mol. The molecule has 0 saturated carbocycles. The molecule has 0 atom stereocenters. The van der Waals surface area contributed by atoms with E-state index in [1.807, 2.05) is 25.1 Å². The zero-order valence-electron chi connectivity index (χ0n) is 14.9. The van der Waals surface area contributed by atoms with Crippen LogP contribution in [0.1, 0.15) is 25.3 Å². The van der Waals surface area contributed by atoms with Crippen molar-refractivity contribution < 1.29 is 19.5 Å². The number of rotatable bonds is 6. The summed E-state index contributed by atoms with van der Waals surface area (Å²) in [6.45, 7) is 3.81. The van der Waals surface area contributed by atoms with Crippen LogP contribution in [0.4, 0.5) is 4.79 Å². The molecule has 1 saturated heterocycles. The van der Waals surface area contributed by atoms with Crippen molar-refractivity contribution in [3.05, 3.63) is 48.0 Å². The van der Waals surface area contributed by atoms with E-state index >= 15 is 0 Å². The van der Waals surface area contributed by atoms with Crippen LogP contribution in [0.15, 0.2) is 47.6 Å². The minimum absolute atomic E-state index is 0.0970. The second kappa shape index (κ2) is 8.67. The third-order valence-electron chi connectivity index (χ3n) is 4.61. The number of oxime groups is 1. The first-order chi connectivity index (χ1) is 12.6. The lowest BCUT2D eigenvalue weighted by atomic mass is 10.0. The van der Waals surface area contributed by atoms with Gasteiger partial charge < -0.3 is 19.6 Å². The van der Waals surface area contributed by atoms with Crippen molar-refractivity contribution in [2.45, 2.75) is 25.9 Å². The fourth-order valence-electron chi connectivity index (χ4n) is 3.08. The first-order valence-electron chi connectivity index (χ1n) is 8.88. The number of hydrogen-bond donors (Lipinski definition) is 1. The van der Waals surface area contributed by atoms with Gasteiger partial charge in [0.2, 0.25) is 0 Å². The van der Waals surface area contributed by atoms with Gasteiger partial charge in [0, 0.05) is 13.1 Å². The fourth-order valence-corrected chi connectivity index (χ4v) is 3.08. The van der Waals surface area contributed by atoms with E-state index in [0.717, 1.165) is 24.1 Å². The maximum atomic E-state index is 10.9. The Hall–Kier alpha value is -2.60. The summed E-state index contributed by atoms with van der Waals surface area (Å²) in [7, 11) is 0. The Morgan fingerprint density at radius 2 is 1.88 bits per heavy atom. The van der Waals surface area contributed by atoms with Crippen LogP contribution < -0.4 is 0 Å². The molecule has 1 N–H and O–H groups in total. The summed E-state index contributed by atoms with van der Waals surface area (Å²) in [6, 6.07) is 14.4. The smallest absolute Gasteiger partial charge is 0.407 e. The summed E-state index contributed by atoms with van der Waals surface area (Å²) >= 11 is 0. The van der Waals surface area contributed by atoms with E-state index in [9.17, 15) is 4.79 Å². The Morgan fingerprint density at radius 1 is 1.15 bits per heavy atom. The third kappa shape index (κ3) is 4.73. The molecule has 0 aromatic heterocycles. The molecule has 1 heterocycles. The van der Waals surface area contributed by atoms with Crippen molar-refractivity contribution in [1.82, 2.24) is 4.90 Å². The van der Waals surface area contributed by atoms with Gasteiger partial charge in [-0.3, -0.25) is 0 Å². The zero-order valence-corrected chi connectivity index (χ0v) is 14.9. The summed E-state index contributed by atoms with van der Waals surface area (Å²) in [5, 5.41) is 15.5.